The number of nitrogens with one attached hydrogen (secondary N) is 1. The zero-order chi connectivity index (χ0) is 22.9. The fourth-order valence-corrected chi connectivity index (χ4v) is 2.88. The summed E-state index contributed by atoms with van der Waals surface area (Å²) in [6.07, 6.45) is 1.64. The van der Waals surface area contributed by atoms with Crippen LogP contribution in [0.1, 0.15) is 0 Å². The van der Waals surface area contributed by atoms with E-state index >= 15 is 0 Å². The Kier molecular flexibility index (Phi) is 11.0. The van der Waals surface area contributed by atoms with Crippen LogP contribution in [-0.4, -0.2) is 51.5 Å². The van der Waals surface area contributed by atoms with Gasteiger partial charge in [0, 0.05) is 7.05 Å². The van der Waals surface area contributed by atoms with Crippen molar-refractivity contribution in [3.05, 3.63) is 36.4 Å². The van der Waals surface area contributed by atoms with Crippen molar-refractivity contribution in [2.75, 3.05) is 33.6 Å². The maximum Gasteiger partial charge on any atom is 1.00 e. The third kappa shape index (κ3) is 8.40. The van der Waals surface area contributed by atoms with E-state index in [1.807, 2.05) is 0 Å². The maximum absolute atomic E-state index is 10.7. The second-order valence-electron chi connectivity index (χ2n) is 6.03. The SMILES string of the molecule is COc1cc(-c2ccc(N=NN(C)CCS(=O)(=O)[O-])c(OC)c2)ccc1N=NNC#N.[Na+]. The molecule has 0 heterocycles. The van der Waals surface area contributed by atoms with Gasteiger partial charge in [0.1, 0.15) is 22.9 Å². The van der Waals surface area contributed by atoms with Crippen molar-refractivity contribution in [2.24, 2.45) is 20.7 Å². The topological polar surface area (TPSA) is 164 Å². The van der Waals surface area contributed by atoms with Crippen LogP contribution >= 0.6 is 0 Å². The second kappa shape index (κ2) is 12.9. The summed E-state index contributed by atoms with van der Waals surface area (Å²) in [6.45, 7) is -0.0803. The fraction of sp³-hybridized carbons (Fsp3) is 0.278. The predicted octanol–water partition coefficient (Wildman–Crippen LogP) is -0.0801. The van der Waals surface area contributed by atoms with Crippen LogP contribution in [0.4, 0.5) is 11.4 Å². The molecule has 32 heavy (non-hydrogen) atoms. The van der Waals surface area contributed by atoms with Crippen LogP contribution in [0.2, 0.25) is 0 Å². The minimum Gasteiger partial charge on any atom is -0.748 e. The number of methoxy groups -OCH3 is 2. The van der Waals surface area contributed by atoms with Gasteiger partial charge in [-0.2, -0.15) is 10.7 Å². The minimum absolute atomic E-state index is 0. The van der Waals surface area contributed by atoms with Crippen molar-refractivity contribution in [3.8, 4) is 28.8 Å². The molecule has 0 fully saturated rings. The summed E-state index contributed by atoms with van der Waals surface area (Å²) in [6, 6.07) is 10.5. The average molecular weight is 469 g/mol. The van der Waals surface area contributed by atoms with Crippen molar-refractivity contribution in [2.45, 2.75) is 0 Å². The van der Waals surface area contributed by atoms with Gasteiger partial charge in [0.25, 0.3) is 0 Å². The summed E-state index contributed by atoms with van der Waals surface area (Å²) < 4.78 is 42.8. The maximum atomic E-state index is 10.7. The molecule has 0 aliphatic heterocycles. The zero-order valence-electron chi connectivity index (χ0n) is 18.0. The molecule has 0 unspecified atom stereocenters. The normalized spacial score (nSPS) is 11.1. The zero-order valence-corrected chi connectivity index (χ0v) is 20.8. The Morgan fingerprint density at radius 1 is 1.06 bits per heavy atom. The van der Waals surface area contributed by atoms with Gasteiger partial charge in [-0.05, 0) is 35.4 Å². The molecule has 2 rings (SSSR count). The number of hydrogen-bond donors (Lipinski definition) is 1. The van der Waals surface area contributed by atoms with E-state index in [2.05, 4.69) is 26.1 Å². The molecule has 0 amide bonds. The quantitative estimate of drug-likeness (QED) is 0.126. The average Bonchev–Trinajstić information content (AvgIpc) is 2.76. The second-order valence-corrected chi connectivity index (χ2v) is 7.55. The molecule has 1 N–H and O–H groups in total. The van der Waals surface area contributed by atoms with Gasteiger partial charge in [-0.15, -0.1) is 10.2 Å². The molecule has 0 radical (unpaired) electrons. The first-order valence-electron chi connectivity index (χ1n) is 8.75. The summed E-state index contributed by atoms with van der Waals surface area (Å²) in [4.78, 5) is 0. The van der Waals surface area contributed by atoms with Crippen molar-refractivity contribution >= 4 is 21.5 Å². The summed E-state index contributed by atoms with van der Waals surface area (Å²) >= 11 is 0. The number of benzene rings is 2. The monoisotopic (exact) mass is 469 g/mol. The van der Waals surface area contributed by atoms with Crippen LogP contribution < -0.4 is 44.5 Å². The molecule has 164 valence electrons. The number of ether oxygens (including phenoxy) is 2. The van der Waals surface area contributed by atoms with Gasteiger partial charge in [0.05, 0.1) is 36.6 Å². The molecule has 0 aliphatic carbocycles. The number of hydrogen-bond acceptors (Lipinski definition) is 10. The van der Waals surface area contributed by atoms with E-state index in [4.69, 9.17) is 14.7 Å². The first-order valence-corrected chi connectivity index (χ1v) is 10.3. The predicted molar refractivity (Wildman–Crippen MR) is 110 cm³/mol. The summed E-state index contributed by atoms with van der Waals surface area (Å²) in [7, 11) is 0.160. The molecule has 0 saturated carbocycles. The molecular formula is C18H20N7NaO5S. The van der Waals surface area contributed by atoms with Crippen LogP contribution in [0, 0.1) is 11.5 Å². The van der Waals surface area contributed by atoms with Crippen LogP contribution in [0.3, 0.4) is 0 Å². The molecule has 0 aromatic heterocycles. The first-order chi connectivity index (χ1) is 14.8. The van der Waals surface area contributed by atoms with Crippen LogP contribution in [-0.2, 0) is 10.1 Å². The number of nitrogens with zero attached hydrogens (tertiary/aromatic N) is 6. The van der Waals surface area contributed by atoms with Crippen LogP contribution in [0.15, 0.2) is 57.1 Å². The minimum atomic E-state index is -4.33. The van der Waals surface area contributed by atoms with Gasteiger partial charge in [0.15, 0.2) is 6.19 Å². The van der Waals surface area contributed by atoms with Crippen molar-refractivity contribution in [1.29, 1.82) is 5.26 Å². The van der Waals surface area contributed by atoms with Gasteiger partial charge in [-0.25, -0.2) is 8.42 Å². The van der Waals surface area contributed by atoms with Gasteiger partial charge in [-0.1, -0.05) is 22.6 Å². The Labute approximate surface area is 207 Å². The summed E-state index contributed by atoms with van der Waals surface area (Å²) in [5.74, 6) is 0.327. The Morgan fingerprint density at radius 3 is 2.06 bits per heavy atom. The fourth-order valence-electron chi connectivity index (χ4n) is 2.39. The largest absolute Gasteiger partial charge is 1.00 e. The third-order valence-electron chi connectivity index (χ3n) is 3.92. The standard InChI is InChI=1S/C18H21N7O5S.Na/c1-25(8-9-31(26,27)28)24-22-16-7-5-14(11-18(16)30-3)13-4-6-15(17(10-13)29-2)21-23-20-12-19;/h4-7,10-11H,8-9H2,1-3H3,(H,20,21)(H,26,27,28);/q;+1/p-1. The van der Waals surface area contributed by atoms with Gasteiger partial charge in [0.2, 0.25) is 0 Å². The Morgan fingerprint density at radius 2 is 1.59 bits per heavy atom. The molecule has 2 aromatic rings. The van der Waals surface area contributed by atoms with Crippen LogP contribution in [0.5, 0.6) is 11.5 Å². The third-order valence-corrected chi connectivity index (χ3v) is 4.60. The molecule has 2 aromatic carbocycles. The first kappa shape index (κ1) is 27.3. The van der Waals surface area contributed by atoms with E-state index in [0.717, 1.165) is 11.1 Å². The molecule has 0 saturated heterocycles. The van der Waals surface area contributed by atoms with Gasteiger partial charge >= 0.3 is 29.6 Å². The molecule has 14 heteroatoms. The number of rotatable bonds is 10. The van der Waals surface area contributed by atoms with E-state index in [-0.39, 0.29) is 36.1 Å². The van der Waals surface area contributed by atoms with E-state index < -0.39 is 15.9 Å². The Balaban J connectivity index is 0.00000512. The Bertz CT molecular complexity index is 1120. The smallest absolute Gasteiger partial charge is 0.748 e. The van der Waals surface area contributed by atoms with Crippen molar-refractivity contribution < 1.29 is 52.0 Å². The van der Waals surface area contributed by atoms with Crippen molar-refractivity contribution in [1.82, 2.24) is 10.4 Å². The van der Waals surface area contributed by atoms with E-state index in [1.54, 1.807) is 42.6 Å². The molecule has 0 bridgehead atoms. The molecule has 12 nitrogen and oxygen atoms in total. The van der Waals surface area contributed by atoms with Crippen molar-refractivity contribution in [3.63, 3.8) is 0 Å². The number of nitriles is 1. The van der Waals surface area contributed by atoms with E-state index in [0.29, 0.717) is 22.9 Å². The van der Waals surface area contributed by atoms with Gasteiger partial charge in [-0.3, -0.25) is 5.01 Å². The molecular weight excluding hydrogens is 449 g/mol. The van der Waals surface area contributed by atoms with E-state index in [1.165, 1.54) is 26.3 Å². The Hall–Kier alpha value is -2.76. The molecule has 0 aliphatic rings. The van der Waals surface area contributed by atoms with Crippen LogP contribution in [0.25, 0.3) is 11.1 Å². The molecule has 0 spiro atoms. The van der Waals surface area contributed by atoms with Gasteiger partial charge < -0.3 is 14.0 Å². The summed E-state index contributed by atoms with van der Waals surface area (Å²) in [5, 5.41) is 25.0. The molecule has 0 atom stereocenters. The summed E-state index contributed by atoms with van der Waals surface area (Å²) in [5.41, 5.74) is 4.55. The van der Waals surface area contributed by atoms with E-state index in [9.17, 15) is 13.0 Å².